The van der Waals surface area contributed by atoms with Crippen LogP contribution >= 0.6 is 11.6 Å². The number of carbonyl (C=O) groups excluding carboxylic acids is 1. The summed E-state index contributed by atoms with van der Waals surface area (Å²) in [4.78, 5) is 12.4. The van der Waals surface area contributed by atoms with Crippen molar-refractivity contribution in [3.63, 3.8) is 0 Å². The van der Waals surface area contributed by atoms with Crippen molar-refractivity contribution in [2.75, 3.05) is 0 Å². The third-order valence-electron chi connectivity index (χ3n) is 4.39. The number of aromatic nitrogens is 2. The molecule has 0 fully saturated rings. The Morgan fingerprint density at radius 1 is 1.17 bits per heavy atom. The van der Waals surface area contributed by atoms with Gasteiger partial charge < -0.3 is 5.32 Å². The second-order valence-corrected chi connectivity index (χ2v) is 6.95. The van der Waals surface area contributed by atoms with Crippen molar-refractivity contribution in [3.05, 3.63) is 82.1 Å². The van der Waals surface area contributed by atoms with Gasteiger partial charge in [0.05, 0.1) is 23.8 Å². The fourth-order valence-corrected chi connectivity index (χ4v) is 3.02. The van der Waals surface area contributed by atoms with Gasteiger partial charge in [0.2, 0.25) is 5.91 Å². The van der Waals surface area contributed by atoms with Gasteiger partial charge in [-0.2, -0.15) is 18.3 Å². The van der Waals surface area contributed by atoms with Gasteiger partial charge in [-0.15, -0.1) is 0 Å². The Hall–Kier alpha value is -2.94. The van der Waals surface area contributed by atoms with Crippen LogP contribution in [0.4, 0.5) is 22.0 Å². The first-order valence-electron chi connectivity index (χ1n) is 8.71. The van der Waals surface area contributed by atoms with Gasteiger partial charge >= 0.3 is 6.18 Å². The third-order valence-corrected chi connectivity index (χ3v) is 4.62. The predicted molar refractivity (Wildman–Crippen MR) is 100 cm³/mol. The molecule has 1 amide bonds. The second kappa shape index (κ2) is 8.43. The first kappa shape index (κ1) is 21.8. The van der Waals surface area contributed by atoms with E-state index in [0.717, 1.165) is 28.9 Å². The molecule has 0 aliphatic carbocycles. The molecule has 0 spiro atoms. The van der Waals surface area contributed by atoms with Gasteiger partial charge in [0.1, 0.15) is 11.6 Å². The first-order valence-corrected chi connectivity index (χ1v) is 9.09. The van der Waals surface area contributed by atoms with Crippen LogP contribution in [0.15, 0.2) is 48.5 Å². The summed E-state index contributed by atoms with van der Waals surface area (Å²) in [5.74, 6) is -3.22. The number of amides is 1. The zero-order valence-electron chi connectivity index (χ0n) is 15.5. The smallest absolute Gasteiger partial charge is 0.350 e. The van der Waals surface area contributed by atoms with E-state index in [1.165, 1.54) is 19.1 Å². The normalized spacial score (nSPS) is 12.6. The summed E-state index contributed by atoms with van der Waals surface area (Å²) in [5.41, 5.74) is -1.00. The van der Waals surface area contributed by atoms with Gasteiger partial charge in [0.15, 0.2) is 5.69 Å². The molecule has 158 valence electrons. The molecular weight excluding hydrogens is 429 g/mol. The fraction of sp³-hybridized carbons (Fsp3) is 0.200. The van der Waals surface area contributed by atoms with Gasteiger partial charge in [-0.1, -0.05) is 17.7 Å². The lowest BCUT2D eigenvalue weighted by molar-refractivity contribution is -0.141. The molecule has 3 rings (SSSR count). The van der Waals surface area contributed by atoms with E-state index in [2.05, 4.69) is 10.4 Å². The monoisotopic (exact) mass is 443 g/mol. The number of nitrogens with zero attached hydrogens (tertiary/aromatic N) is 2. The Bertz CT molecular complexity index is 1080. The van der Waals surface area contributed by atoms with E-state index in [4.69, 9.17) is 11.6 Å². The van der Waals surface area contributed by atoms with Gasteiger partial charge in [0.25, 0.3) is 0 Å². The van der Waals surface area contributed by atoms with Crippen molar-refractivity contribution in [2.24, 2.45) is 0 Å². The van der Waals surface area contributed by atoms with Crippen LogP contribution in [-0.2, 0) is 17.5 Å². The minimum absolute atomic E-state index is 0.0323. The number of carbonyl (C=O) groups is 1. The van der Waals surface area contributed by atoms with E-state index in [1.54, 1.807) is 12.1 Å². The van der Waals surface area contributed by atoms with Crippen LogP contribution in [0.25, 0.3) is 5.69 Å². The number of hydrogen-bond acceptors (Lipinski definition) is 2. The fourth-order valence-electron chi connectivity index (χ4n) is 2.83. The van der Waals surface area contributed by atoms with E-state index in [0.29, 0.717) is 5.02 Å². The van der Waals surface area contributed by atoms with Crippen LogP contribution in [-0.4, -0.2) is 15.7 Å². The summed E-state index contributed by atoms with van der Waals surface area (Å²) in [6, 6.07) is 9.55. The van der Waals surface area contributed by atoms with Crippen molar-refractivity contribution >= 4 is 17.5 Å². The van der Waals surface area contributed by atoms with Crippen molar-refractivity contribution < 1.29 is 26.7 Å². The van der Waals surface area contributed by atoms with Crippen LogP contribution in [0.1, 0.15) is 29.8 Å². The Labute approximate surface area is 173 Å². The maximum absolute atomic E-state index is 13.9. The van der Waals surface area contributed by atoms with Gasteiger partial charge in [-0.25, -0.2) is 13.5 Å². The topological polar surface area (TPSA) is 46.9 Å². The highest BCUT2D eigenvalue weighted by molar-refractivity contribution is 6.30. The first-order chi connectivity index (χ1) is 14.1. The Morgan fingerprint density at radius 2 is 1.90 bits per heavy atom. The molecule has 1 heterocycles. The average Bonchev–Trinajstić information content (AvgIpc) is 3.12. The highest BCUT2D eigenvalue weighted by Crippen LogP contribution is 2.30. The number of rotatable bonds is 5. The van der Waals surface area contributed by atoms with E-state index >= 15 is 0 Å². The minimum atomic E-state index is -4.69. The average molecular weight is 444 g/mol. The molecular formula is C20H15ClF5N3O. The van der Waals surface area contributed by atoms with Crippen molar-refractivity contribution in [1.29, 1.82) is 0 Å². The van der Waals surface area contributed by atoms with Crippen LogP contribution in [0.3, 0.4) is 0 Å². The molecule has 3 aromatic rings. The molecule has 1 N–H and O–H groups in total. The summed E-state index contributed by atoms with van der Waals surface area (Å²) in [5, 5.41) is 6.31. The van der Waals surface area contributed by atoms with Crippen molar-refractivity contribution in [3.8, 4) is 5.69 Å². The number of halogens is 6. The maximum atomic E-state index is 13.9. The highest BCUT2D eigenvalue weighted by Gasteiger charge is 2.35. The van der Waals surface area contributed by atoms with Crippen LogP contribution in [0.2, 0.25) is 5.02 Å². The lowest BCUT2D eigenvalue weighted by atomic mass is 9.99. The molecule has 30 heavy (non-hydrogen) atoms. The van der Waals surface area contributed by atoms with Crippen molar-refractivity contribution in [2.45, 2.75) is 25.6 Å². The van der Waals surface area contributed by atoms with Crippen LogP contribution < -0.4 is 5.32 Å². The number of benzene rings is 2. The SMILES string of the molecule is CC(C(=O)NCc1cc(C(F)(F)F)nn1-c1cccc(Cl)c1)c1cc(F)ccc1F. The molecule has 0 aliphatic rings. The molecule has 0 radical (unpaired) electrons. The van der Waals surface area contributed by atoms with E-state index < -0.39 is 35.3 Å². The molecule has 1 aromatic heterocycles. The van der Waals surface area contributed by atoms with Gasteiger partial charge in [-0.3, -0.25) is 4.79 Å². The number of alkyl halides is 3. The van der Waals surface area contributed by atoms with Crippen molar-refractivity contribution in [1.82, 2.24) is 15.1 Å². The molecule has 4 nitrogen and oxygen atoms in total. The number of nitrogens with one attached hydrogen (secondary N) is 1. The summed E-state index contributed by atoms with van der Waals surface area (Å²) in [7, 11) is 0. The largest absolute Gasteiger partial charge is 0.435 e. The molecule has 2 aromatic carbocycles. The van der Waals surface area contributed by atoms with Crippen LogP contribution in [0, 0.1) is 11.6 Å². The molecule has 0 saturated carbocycles. The van der Waals surface area contributed by atoms with E-state index in [-0.39, 0.29) is 23.5 Å². The Kier molecular flexibility index (Phi) is 6.12. The predicted octanol–water partition coefficient (Wildman–Crippen LogP) is 5.24. The lowest BCUT2D eigenvalue weighted by Crippen LogP contribution is -2.29. The molecule has 0 aliphatic heterocycles. The summed E-state index contributed by atoms with van der Waals surface area (Å²) < 4.78 is 67.7. The van der Waals surface area contributed by atoms with E-state index in [9.17, 15) is 26.7 Å². The zero-order chi connectivity index (χ0) is 22.1. The zero-order valence-corrected chi connectivity index (χ0v) is 16.2. The molecule has 0 bridgehead atoms. The van der Waals surface area contributed by atoms with Crippen LogP contribution in [0.5, 0.6) is 0 Å². The lowest BCUT2D eigenvalue weighted by Gasteiger charge is -2.14. The Morgan fingerprint density at radius 3 is 2.57 bits per heavy atom. The highest BCUT2D eigenvalue weighted by atomic mass is 35.5. The summed E-state index contributed by atoms with van der Waals surface area (Å²) >= 11 is 5.91. The second-order valence-electron chi connectivity index (χ2n) is 6.52. The maximum Gasteiger partial charge on any atom is 0.435 e. The van der Waals surface area contributed by atoms with E-state index in [1.807, 2.05) is 0 Å². The molecule has 1 unspecified atom stereocenters. The third kappa shape index (κ3) is 4.79. The number of hydrogen-bond donors (Lipinski definition) is 1. The quantitative estimate of drug-likeness (QED) is 0.548. The summed E-state index contributed by atoms with van der Waals surface area (Å²) in [6.45, 7) is 1.04. The Balaban J connectivity index is 1.86. The molecule has 1 atom stereocenters. The van der Waals surface area contributed by atoms with Gasteiger partial charge in [0, 0.05) is 10.6 Å². The summed E-state index contributed by atoms with van der Waals surface area (Å²) in [6.07, 6.45) is -4.69. The molecule has 10 heteroatoms. The van der Waals surface area contributed by atoms with Gasteiger partial charge in [-0.05, 0) is 49.4 Å². The molecule has 0 saturated heterocycles. The minimum Gasteiger partial charge on any atom is -0.350 e. The standard InChI is InChI=1S/C20H15ClF5N3O/c1-11(16-8-13(22)5-6-17(16)23)19(30)27-10-15-9-18(20(24,25)26)28-29(15)14-4-2-3-12(21)7-14/h2-9,11H,10H2,1H3,(H,27,30).